The molecule has 1 aromatic rings. The maximum Gasteiger partial charge on any atom is 0.310 e. The van der Waals surface area contributed by atoms with Crippen molar-refractivity contribution < 1.29 is 14.6 Å². The highest BCUT2D eigenvalue weighted by Crippen LogP contribution is 2.30. The smallest absolute Gasteiger partial charge is 0.310 e. The number of aliphatic carboxylic acids is 1. The molecule has 2 atom stereocenters. The highest BCUT2D eigenvalue weighted by Gasteiger charge is 2.32. The molecule has 1 fully saturated rings. The number of carboxylic acids is 1. The maximum atomic E-state index is 11.2. The van der Waals surface area contributed by atoms with Gasteiger partial charge in [-0.1, -0.05) is 12.5 Å². The van der Waals surface area contributed by atoms with E-state index in [4.69, 9.17) is 4.74 Å². The van der Waals surface area contributed by atoms with Gasteiger partial charge in [-0.05, 0) is 31.4 Å². The Balaban J connectivity index is 2.10. The summed E-state index contributed by atoms with van der Waals surface area (Å²) >= 11 is 0. The van der Waals surface area contributed by atoms with Gasteiger partial charge >= 0.3 is 5.97 Å². The summed E-state index contributed by atoms with van der Waals surface area (Å²) in [7, 11) is 3.94. The molecule has 1 aromatic carbocycles. The van der Waals surface area contributed by atoms with E-state index in [9.17, 15) is 9.90 Å². The van der Waals surface area contributed by atoms with Crippen molar-refractivity contribution in [2.24, 2.45) is 5.92 Å². The number of hydrogen-bond donors (Lipinski definition) is 1. The molecule has 0 aliphatic heterocycles. The molecule has 0 heterocycles. The van der Waals surface area contributed by atoms with Crippen LogP contribution in [0.5, 0.6) is 5.75 Å². The van der Waals surface area contributed by atoms with Crippen LogP contribution in [-0.2, 0) is 4.79 Å². The fourth-order valence-corrected chi connectivity index (χ4v) is 2.53. The van der Waals surface area contributed by atoms with Gasteiger partial charge in [0.1, 0.15) is 11.9 Å². The van der Waals surface area contributed by atoms with Crippen LogP contribution in [0.1, 0.15) is 25.7 Å². The molecule has 0 bridgehead atoms. The van der Waals surface area contributed by atoms with Crippen molar-refractivity contribution in [3.8, 4) is 5.75 Å². The Labute approximate surface area is 114 Å². The normalized spacial score (nSPS) is 22.8. The first-order chi connectivity index (χ1) is 9.08. The Morgan fingerprint density at radius 3 is 2.74 bits per heavy atom. The van der Waals surface area contributed by atoms with E-state index in [1.807, 2.05) is 43.3 Å². The number of carboxylic acid groups (broad SMARTS) is 1. The summed E-state index contributed by atoms with van der Waals surface area (Å²) in [6, 6.07) is 7.78. The third-order valence-electron chi connectivity index (χ3n) is 3.64. The molecule has 2 rings (SSSR count). The van der Waals surface area contributed by atoms with E-state index >= 15 is 0 Å². The van der Waals surface area contributed by atoms with Gasteiger partial charge in [0.25, 0.3) is 0 Å². The predicted molar refractivity (Wildman–Crippen MR) is 74.8 cm³/mol. The first kappa shape index (κ1) is 13.7. The van der Waals surface area contributed by atoms with E-state index in [0.717, 1.165) is 30.7 Å². The second-order valence-corrected chi connectivity index (χ2v) is 5.28. The topological polar surface area (TPSA) is 49.8 Å². The van der Waals surface area contributed by atoms with Crippen LogP contribution < -0.4 is 9.64 Å². The fourth-order valence-electron chi connectivity index (χ4n) is 2.53. The average molecular weight is 263 g/mol. The molecule has 1 aliphatic rings. The first-order valence-electron chi connectivity index (χ1n) is 6.75. The minimum atomic E-state index is -0.742. The molecule has 0 aromatic heterocycles. The number of nitrogens with zero attached hydrogens (tertiary/aromatic N) is 1. The van der Waals surface area contributed by atoms with Crippen LogP contribution in [0.4, 0.5) is 5.69 Å². The quantitative estimate of drug-likeness (QED) is 0.907. The molecule has 1 saturated carbocycles. The SMILES string of the molecule is CN(C)c1cccc(OC2CCCCC2C(=O)O)c1. The molecule has 0 radical (unpaired) electrons. The highest BCUT2D eigenvalue weighted by molar-refractivity contribution is 5.71. The van der Waals surface area contributed by atoms with E-state index in [2.05, 4.69) is 0 Å². The summed E-state index contributed by atoms with van der Waals surface area (Å²) in [5.74, 6) is -0.366. The Bertz CT molecular complexity index is 445. The van der Waals surface area contributed by atoms with Crippen LogP contribution in [0, 0.1) is 5.92 Å². The third-order valence-corrected chi connectivity index (χ3v) is 3.64. The van der Waals surface area contributed by atoms with E-state index in [0.29, 0.717) is 6.42 Å². The standard InChI is InChI=1S/C15H21NO3/c1-16(2)11-6-5-7-12(10-11)19-14-9-4-3-8-13(14)15(17)18/h5-7,10,13-14H,3-4,8-9H2,1-2H3,(H,17,18). The molecular formula is C15H21NO3. The van der Waals surface area contributed by atoms with Gasteiger partial charge in [0.2, 0.25) is 0 Å². The Morgan fingerprint density at radius 1 is 1.32 bits per heavy atom. The van der Waals surface area contributed by atoms with Gasteiger partial charge in [0.15, 0.2) is 0 Å². The van der Waals surface area contributed by atoms with Gasteiger partial charge in [-0.25, -0.2) is 0 Å². The lowest BCUT2D eigenvalue weighted by atomic mass is 9.86. The summed E-state index contributed by atoms with van der Waals surface area (Å²) in [5, 5.41) is 9.24. The van der Waals surface area contributed by atoms with Gasteiger partial charge in [-0.2, -0.15) is 0 Å². The minimum absolute atomic E-state index is 0.205. The van der Waals surface area contributed by atoms with Crippen molar-refractivity contribution in [2.45, 2.75) is 31.8 Å². The van der Waals surface area contributed by atoms with Crippen molar-refractivity contribution in [1.82, 2.24) is 0 Å². The Hall–Kier alpha value is -1.71. The molecule has 0 amide bonds. The molecule has 4 nitrogen and oxygen atoms in total. The minimum Gasteiger partial charge on any atom is -0.489 e. The van der Waals surface area contributed by atoms with Crippen LogP contribution in [-0.4, -0.2) is 31.3 Å². The van der Waals surface area contributed by atoms with Crippen molar-refractivity contribution >= 4 is 11.7 Å². The predicted octanol–water partition coefficient (Wildman–Crippen LogP) is 2.77. The summed E-state index contributed by atoms with van der Waals surface area (Å²) in [5.41, 5.74) is 1.06. The van der Waals surface area contributed by atoms with E-state index in [-0.39, 0.29) is 12.0 Å². The maximum absolute atomic E-state index is 11.2. The molecule has 2 unspecified atom stereocenters. The average Bonchev–Trinajstić information content (AvgIpc) is 2.39. The van der Waals surface area contributed by atoms with Crippen LogP contribution in [0.25, 0.3) is 0 Å². The van der Waals surface area contributed by atoms with Crippen molar-refractivity contribution in [3.05, 3.63) is 24.3 Å². The number of rotatable bonds is 4. The Kier molecular flexibility index (Phi) is 4.30. The first-order valence-corrected chi connectivity index (χ1v) is 6.75. The van der Waals surface area contributed by atoms with Crippen LogP contribution >= 0.6 is 0 Å². The number of ether oxygens (including phenoxy) is 1. The zero-order chi connectivity index (χ0) is 13.8. The number of anilines is 1. The lowest BCUT2D eigenvalue weighted by Gasteiger charge is -2.29. The number of carbonyl (C=O) groups is 1. The number of benzene rings is 1. The zero-order valence-corrected chi connectivity index (χ0v) is 11.5. The van der Waals surface area contributed by atoms with Gasteiger partial charge < -0.3 is 14.7 Å². The monoisotopic (exact) mass is 263 g/mol. The molecule has 0 saturated heterocycles. The second-order valence-electron chi connectivity index (χ2n) is 5.28. The summed E-state index contributed by atoms with van der Waals surface area (Å²) in [6.45, 7) is 0. The van der Waals surface area contributed by atoms with Gasteiger partial charge in [-0.15, -0.1) is 0 Å². The van der Waals surface area contributed by atoms with Crippen molar-refractivity contribution in [1.29, 1.82) is 0 Å². The highest BCUT2D eigenvalue weighted by atomic mass is 16.5. The second kappa shape index (κ2) is 5.95. The van der Waals surface area contributed by atoms with E-state index in [1.165, 1.54) is 0 Å². The van der Waals surface area contributed by atoms with Crippen molar-refractivity contribution in [3.63, 3.8) is 0 Å². The largest absolute Gasteiger partial charge is 0.489 e. The molecule has 4 heteroatoms. The molecule has 19 heavy (non-hydrogen) atoms. The lowest BCUT2D eigenvalue weighted by Crippen LogP contribution is -2.35. The van der Waals surface area contributed by atoms with Gasteiger partial charge in [-0.3, -0.25) is 4.79 Å². The van der Waals surface area contributed by atoms with Crippen LogP contribution in [0.15, 0.2) is 24.3 Å². The Morgan fingerprint density at radius 2 is 2.05 bits per heavy atom. The lowest BCUT2D eigenvalue weighted by molar-refractivity contribution is -0.146. The van der Waals surface area contributed by atoms with Gasteiger partial charge in [0, 0.05) is 25.8 Å². The van der Waals surface area contributed by atoms with Crippen LogP contribution in [0.2, 0.25) is 0 Å². The molecule has 104 valence electrons. The van der Waals surface area contributed by atoms with Crippen LogP contribution in [0.3, 0.4) is 0 Å². The van der Waals surface area contributed by atoms with Crippen molar-refractivity contribution in [2.75, 3.05) is 19.0 Å². The molecular weight excluding hydrogens is 242 g/mol. The third kappa shape index (κ3) is 3.40. The zero-order valence-electron chi connectivity index (χ0n) is 11.5. The summed E-state index contributed by atoms with van der Waals surface area (Å²) in [4.78, 5) is 13.2. The number of hydrogen-bond acceptors (Lipinski definition) is 3. The summed E-state index contributed by atoms with van der Waals surface area (Å²) in [6.07, 6.45) is 3.36. The van der Waals surface area contributed by atoms with E-state index in [1.54, 1.807) is 0 Å². The molecule has 1 N–H and O–H groups in total. The molecule has 0 spiro atoms. The fraction of sp³-hybridized carbons (Fsp3) is 0.533. The summed E-state index contributed by atoms with van der Waals surface area (Å²) < 4.78 is 5.91. The van der Waals surface area contributed by atoms with E-state index < -0.39 is 5.97 Å². The van der Waals surface area contributed by atoms with Gasteiger partial charge in [0.05, 0.1) is 5.92 Å². The molecule has 1 aliphatic carbocycles.